The minimum atomic E-state index is -0.520. The van der Waals surface area contributed by atoms with Gasteiger partial charge in [-0.05, 0) is 36.8 Å². The Bertz CT molecular complexity index is 704. The molecule has 0 aliphatic rings. The second-order valence-electron chi connectivity index (χ2n) is 4.46. The summed E-state index contributed by atoms with van der Waals surface area (Å²) in [6.07, 6.45) is 0. The second-order valence-corrected chi connectivity index (χ2v) is 4.90. The minimum absolute atomic E-state index is 0.0215. The normalized spacial score (nSPS) is 11.1. The Hall–Kier alpha value is -2.40. The molecule has 0 fully saturated rings. The minimum Gasteiger partial charge on any atom is -0.481 e. The molecule has 6 heteroatoms. The van der Waals surface area contributed by atoms with Gasteiger partial charge in [0.05, 0.1) is 5.71 Å². The Morgan fingerprint density at radius 1 is 1.27 bits per heavy atom. The van der Waals surface area contributed by atoms with Crippen LogP contribution in [0.2, 0.25) is 5.02 Å². The lowest BCUT2D eigenvalue weighted by Gasteiger charge is -2.06. The molecule has 0 bridgehead atoms. The van der Waals surface area contributed by atoms with Crippen molar-refractivity contribution in [1.29, 1.82) is 0 Å². The van der Waals surface area contributed by atoms with Gasteiger partial charge in [-0.3, -0.25) is 4.79 Å². The number of nitrogens with one attached hydrogen (secondary N) is 1. The van der Waals surface area contributed by atoms with Crippen molar-refractivity contribution >= 4 is 23.2 Å². The molecule has 0 heterocycles. The predicted molar refractivity (Wildman–Crippen MR) is 83.7 cm³/mol. The summed E-state index contributed by atoms with van der Waals surface area (Å²) in [6, 6.07) is 13.0. The number of carbonyl (C=O) groups excluding carboxylic acids is 1. The third-order valence-electron chi connectivity index (χ3n) is 2.79. The highest BCUT2D eigenvalue weighted by molar-refractivity contribution is 6.31. The number of hydrogen-bond donors (Lipinski definition) is 1. The molecule has 0 aliphatic carbocycles. The fraction of sp³-hybridized carbons (Fsp3) is 0.125. The lowest BCUT2D eigenvalue weighted by atomic mass is 10.1. The number of ether oxygens (including phenoxy) is 1. The Balaban J connectivity index is 1.90. The van der Waals surface area contributed by atoms with Crippen LogP contribution in [0.15, 0.2) is 53.6 Å². The first kappa shape index (κ1) is 16.0. The van der Waals surface area contributed by atoms with Gasteiger partial charge in [0.25, 0.3) is 5.91 Å². The van der Waals surface area contributed by atoms with Crippen molar-refractivity contribution in [3.05, 3.63) is 64.9 Å². The van der Waals surface area contributed by atoms with Crippen molar-refractivity contribution in [1.82, 2.24) is 5.43 Å². The van der Waals surface area contributed by atoms with Crippen molar-refractivity contribution in [3.8, 4) is 5.75 Å². The van der Waals surface area contributed by atoms with E-state index in [0.717, 1.165) is 5.56 Å². The number of amides is 1. The number of hydrogen-bond acceptors (Lipinski definition) is 3. The molecule has 2 aromatic carbocycles. The first-order chi connectivity index (χ1) is 10.6. The Morgan fingerprint density at radius 3 is 2.77 bits per heavy atom. The molecule has 0 spiro atoms. The Kier molecular flexibility index (Phi) is 5.49. The quantitative estimate of drug-likeness (QED) is 0.678. The van der Waals surface area contributed by atoms with E-state index >= 15 is 0 Å². The van der Waals surface area contributed by atoms with Gasteiger partial charge in [-0.25, -0.2) is 9.82 Å². The molecule has 4 nitrogen and oxygen atoms in total. The highest BCUT2D eigenvalue weighted by Gasteiger charge is 2.06. The molecule has 1 amide bonds. The largest absolute Gasteiger partial charge is 0.481 e. The topological polar surface area (TPSA) is 50.7 Å². The van der Waals surface area contributed by atoms with Gasteiger partial charge >= 0.3 is 0 Å². The monoisotopic (exact) mass is 320 g/mol. The zero-order valence-corrected chi connectivity index (χ0v) is 12.6. The zero-order valence-electron chi connectivity index (χ0n) is 11.8. The van der Waals surface area contributed by atoms with Crippen LogP contribution in [0, 0.1) is 5.82 Å². The lowest BCUT2D eigenvalue weighted by Crippen LogP contribution is -2.25. The summed E-state index contributed by atoms with van der Waals surface area (Å²) >= 11 is 5.89. The molecule has 0 atom stereocenters. The SMILES string of the molecule is C/C(=N/NC(=O)COc1ccccc1F)c1cccc(Cl)c1. The number of carbonyl (C=O) groups is 1. The van der Waals surface area contributed by atoms with Crippen molar-refractivity contribution in [2.24, 2.45) is 5.10 Å². The molecule has 22 heavy (non-hydrogen) atoms. The Morgan fingerprint density at radius 2 is 2.05 bits per heavy atom. The maximum Gasteiger partial charge on any atom is 0.277 e. The molecule has 0 saturated carbocycles. The summed E-state index contributed by atoms with van der Waals surface area (Å²) in [7, 11) is 0. The van der Waals surface area contributed by atoms with Gasteiger partial charge in [0, 0.05) is 5.02 Å². The zero-order chi connectivity index (χ0) is 15.9. The number of benzene rings is 2. The van der Waals surface area contributed by atoms with Gasteiger partial charge < -0.3 is 4.74 Å². The van der Waals surface area contributed by atoms with Crippen molar-refractivity contribution < 1.29 is 13.9 Å². The lowest BCUT2D eigenvalue weighted by molar-refractivity contribution is -0.123. The summed E-state index contributed by atoms with van der Waals surface area (Å²) in [4.78, 5) is 11.6. The van der Waals surface area contributed by atoms with E-state index in [1.165, 1.54) is 12.1 Å². The molecule has 2 rings (SSSR count). The van der Waals surface area contributed by atoms with Crippen molar-refractivity contribution in [2.75, 3.05) is 6.61 Å². The molecule has 0 saturated heterocycles. The average molecular weight is 321 g/mol. The van der Waals surface area contributed by atoms with E-state index in [4.69, 9.17) is 16.3 Å². The van der Waals surface area contributed by atoms with Crippen LogP contribution in [0.4, 0.5) is 4.39 Å². The smallest absolute Gasteiger partial charge is 0.277 e. The predicted octanol–water partition coefficient (Wildman–Crippen LogP) is 3.40. The molecular formula is C16H14ClFN2O2. The standard InChI is InChI=1S/C16H14ClFN2O2/c1-11(12-5-4-6-13(17)9-12)19-20-16(21)10-22-15-8-3-2-7-14(15)18/h2-9H,10H2,1H3,(H,20,21)/b19-11-. The maximum atomic E-state index is 13.3. The van der Waals surface area contributed by atoms with E-state index in [1.807, 2.05) is 6.07 Å². The molecule has 114 valence electrons. The van der Waals surface area contributed by atoms with Gasteiger partial charge in [-0.15, -0.1) is 0 Å². The van der Waals surface area contributed by atoms with Crippen molar-refractivity contribution in [3.63, 3.8) is 0 Å². The van der Waals surface area contributed by atoms with Gasteiger partial charge in [0.1, 0.15) is 0 Å². The van der Waals surface area contributed by atoms with Crippen LogP contribution < -0.4 is 10.2 Å². The van der Waals surface area contributed by atoms with Crippen LogP contribution in [0.25, 0.3) is 0 Å². The fourth-order valence-corrected chi connectivity index (χ4v) is 1.85. The van der Waals surface area contributed by atoms with E-state index < -0.39 is 11.7 Å². The van der Waals surface area contributed by atoms with Crippen LogP contribution in [-0.2, 0) is 4.79 Å². The number of para-hydroxylation sites is 1. The van der Waals surface area contributed by atoms with Crippen molar-refractivity contribution in [2.45, 2.75) is 6.92 Å². The van der Waals surface area contributed by atoms with Crippen LogP contribution >= 0.6 is 11.6 Å². The third-order valence-corrected chi connectivity index (χ3v) is 3.02. The fourth-order valence-electron chi connectivity index (χ4n) is 1.66. The number of halogens is 2. The molecule has 1 N–H and O–H groups in total. The summed E-state index contributed by atoms with van der Waals surface area (Å²) in [5.41, 5.74) is 3.74. The van der Waals surface area contributed by atoms with E-state index in [-0.39, 0.29) is 12.4 Å². The van der Waals surface area contributed by atoms with Crippen LogP contribution in [-0.4, -0.2) is 18.2 Å². The van der Waals surface area contributed by atoms with Crippen LogP contribution in [0.1, 0.15) is 12.5 Å². The average Bonchev–Trinajstić information content (AvgIpc) is 2.52. The summed E-state index contributed by atoms with van der Waals surface area (Å²) in [6.45, 7) is 1.41. The molecular weight excluding hydrogens is 307 g/mol. The van der Waals surface area contributed by atoms with Crippen LogP contribution in [0.3, 0.4) is 0 Å². The molecule has 0 radical (unpaired) electrons. The second kappa shape index (κ2) is 7.56. The van der Waals surface area contributed by atoms with Gasteiger partial charge in [0.15, 0.2) is 18.2 Å². The first-order valence-electron chi connectivity index (χ1n) is 6.52. The first-order valence-corrected chi connectivity index (χ1v) is 6.90. The van der Waals surface area contributed by atoms with Gasteiger partial charge in [-0.1, -0.05) is 35.9 Å². The molecule has 0 aromatic heterocycles. The number of rotatable bonds is 5. The molecule has 2 aromatic rings. The van der Waals surface area contributed by atoms with Gasteiger partial charge in [-0.2, -0.15) is 5.10 Å². The summed E-state index contributed by atoms with van der Waals surface area (Å²) < 4.78 is 18.4. The van der Waals surface area contributed by atoms with Crippen LogP contribution in [0.5, 0.6) is 5.75 Å². The maximum absolute atomic E-state index is 13.3. The summed E-state index contributed by atoms with van der Waals surface area (Å²) in [5, 5.41) is 4.54. The van der Waals surface area contributed by atoms with E-state index in [9.17, 15) is 9.18 Å². The number of hydrazone groups is 1. The highest BCUT2D eigenvalue weighted by atomic mass is 35.5. The third kappa shape index (κ3) is 4.56. The molecule has 0 unspecified atom stereocenters. The van der Waals surface area contributed by atoms with E-state index in [1.54, 1.807) is 37.3 Å². The number of nitrogens with zero attached hydrogens (tertiary/aromatic N) is 1. The van der Waals surface area contributed by atoms with E-state index in [2.05, 4.69) is 10.5 Å². The summed E-state index contributed by atoms with van der Waals surface area (Å²) in [5.74, 6) is -0.980. The van der Waals surface area contributed by atoms with E-state index in [0.29, 0.717) is 10.7 Å². The molecule has 0 aliphatic heterocycles. The highest BCUT2D eigenvalue weighted by Crippen LogP contribution is 2.15. The van der Waals surface area contributed by atoms with Gasteiger partial charge in [0.2, 0.25) is 0 Å². The Labute approximate surface area is 132 Å².